The molecule has 0 aliphatic rings. The van der Waals surface area contributed by atoms with E-state index < -0.39 is 6.04 Å². The Morgan fingerprint density at radius 3 is 2.52 bits per heavy atom. The van der Waals surface area contributed by atoms with Gasteiger partial charge in [-0.3, -0.25) is 0 Å². The summed E-state index contributed by atoms with van der Waals surface area (Å²) in [4.78, 5) is 0. The third-order valence-electron chi connectivity index (χ3n) is 4.34. The van der Waals surface area contributed by atoms with Gasteiger partial charge < -0.3 is 14.5 Å². The molecule has 0 amide bonds. The lowest BCUT2D eigenvalue weighted by Gasteiger charge is -2.17. The molecule has 1 aromatic heterocycles. The third-order valence-corrected chi connectivity index (χ3v) is 4.58. The molecule has 146 valence electrons. The SMILES string of the molecule is COc1ccc(NC(c2cccc(Cl)c2)c2nnc(-c3cccc(F)c3)o2)cc1. The van der Waals surface area contributed by atoms with Gasteiger partial charge in [0.2, 0.25) is 11.8 Å². The lowest BCUT2D eigenvalue weighted by Crippen LogP contribution is -2.13. The molecule has 1 atom stereocenters. The third kappa shape index (κ3) is 4.38. The minimum Gasteiger partial charge on any atom is -0.497 e. The first-order chi connectivity index (χ1) is 14.1. The van der Waals surface area contributed by atoms with Crippen molar-refractivity contribution < 1.29 is 13.5 Å². The van der Waals surface area contributed by atoms with Crippen LogP contribution in [-0.4, -0.2) is 17.3 Å². The first-order valence-corrected chi connectivity index (χ1v) is 9.25. The maximum Gasteiger partial charge on any atom is 0.247 e. The van der Waals surface area contributed by atoms with E-state index in [2.05, 4.69) is 15.5 Å². The molecule has 4 aromatic rings. The largest absolute Gasteiger partial charge is 0.497 e. The number of nitrogens with one attached hydrogen (secondary N) is 1. The van der Waals surface area contributed by atoms with E-state index >= 15 is 0 Å². The van der Waals surface area contributed by atoms with Crippen molar-refractivity contribution in [1.29, 1.82) is 0 Å². The van der Waals surface area contributed by atoms with Gasteiger partial charge in [0.1, 0.15) is 17.6 Å². The van der Waals surface area contributed by atoms with Gasteiger partial charge in [-0.1, -0.05) is 29.8 Å². The van der Waals surface area contributed by atoms with E-state index in [9.17, 15) is 4.39 Å². The monoisotopic (exact) mass is 409 g/mol. The molecule has 0 saturated carbocycles. The van der Waals surface area contributed by atoms with E-state index in [0.29, 0.717) is 16.5 Å². The number of methoxy groups -OCH3 is 1. The molecule has 0 aliphatic heterocycles. The topological polar surface area (TPSA) is 60.2 Å². The van der Waals surface area contributed by atoms with Gasteiger partial charge in [0.25, 0.3) is 0 Å². The number of nitrogens with zero attached hydrogens (tertiary/aromatic N) is 2. The summed E-state index contributed by atoms with van der Waals surface area (Å²) in [6.45, 7) is 0. The first-order valence-electron chi connectivity index (χ1n) is 8.88. The molecule has 7 heteroatoms. The van der Waals surface area contributed by atoms with Crippen LogP contribution in [0.25, 0.3) is 11.5 Å². The van der Waals surface area contributed by atoms with Crippen LogP contribution in [0.5, 0.6) is 5.75 Å². The lowest BCUT2D eigenvalue weighted by atomic mass is 10.1. The van der Waals surface area contributed by atoms with Crippen LogP contribution < -0.4 is 10.1 Å². The van der Waals surface area contributed by atoms with Crippen LogP contribution in [0, 0.1) is 5.82 Å². The Bertz CT molecular complexity index is 1120. The molecule has 0 fully saturated rings. The van der Waals surface area contributed by atoms with E-state index in [-0.39, 0.29) is 11.7 Å². The van der Waals surface area contributed by atoms with E-state index in [1.54, 1.807) is 25.3 Å². The van der Waals surface area contributed by atoms with Crippen LogP contribution >= 0.6 is 11.6 Å². The Hall–Kier alpha value is -3.38. The summed E-state index contributed by atoms with van der Waals surface area (Å²) in [6.07, 6.45) is 0. The predicted molar refractivity (Wildman–Crippen MR) is 110 cm³/mol. The van der Waals surface area contributed by atoms with Crippen molar-refractivity contribution >= 4 is 17.3 Å². The van der Waals surface area contributed by atoms with Crippen molar-refractivity contribution in [3.8, 4) is 17.2 Å². The van der Waals surface area contributed by atoms with Gasteiger partial charge in [0.15, 0.2) is 0 Å². The van der Waals surface area contributed by atoms with Crippen LogP contribution in [0.2, 0.25) is 5.02 Å². The normalized spacial score (nSPS) is 11.8. The quantitative estimate of drug-likeness (QED) is 0.440. The number of hydrogen-bond donors (Lipinski definition) is 1. The van der Waals surface area contributed by atoms with Crippen molar-refractivity contribution in [3.63, 3.8) is 0 Å². The summed E-state index contributed by atoms with van der Waals surface area (Å²) in [5.41, 5.74) is 2.20. The van der Waals surface area contributed by atoms with Gasteiger partial charge in [0, 0.05) is 16.3 Å². The number of aromatic nitrogens is 2. The minimum absolute atomic E-state index is 0.239. The highest BCUT2D eigenvalue weighted by Crippen LogP contribution is 2.30. The van der Waals surface area contributed by atoms with Crippen LogP contribution in [0.1, 0.15) is 17.5 Å². The summed E-state index contributed by atoms with van der Waals surface area (Å²) in [5, 5.41) is 12.3. The standard InChI is InChI=1S/C22H17ClFN3O2/c1-28-19-10-8-18(9-11-19)25-20(14-4-2-6-16(23)12-14)22-27-26-21(29-22)15-5-3-7-17(24)13-15/h2-13,20,25H,1H3. The second-order valence-corrected chi connectivity index (χ2v) is 6.75. The van der Waals surface area contributed by atoms with Gasteiger partial charge in [0.05, 0.1) is 7.11 Å². The maximum atomic E-state index is 13.5. The maximum absolute atomic E-state index is 13.5. The molecule has 0 radical (unpaired) electrons. The molecule has 1 N–H and O–H groups in total. The van der Waals surface area contributed by atoms with Gasteiger partial charge in [-0.25, -0.2) is 4.39 Å². The van der Waals surface area contributed by atoms with Crippen molar-refractivity contribution in [2.45, 2.75) is 6.04 Å². The van der Waals surface area contributed by atoms with Crippen molar-refractivity contribution in [2.75, 3.05) is 12.4 Å². The fourth-order valence-corrected chi connectivity index (χ4v) is 3.12. The zero-order valence-electron chi connectivity index (χ0n) is 15.5. The van der Waals surface area contributed by atoms with Crippen LogP contribution in [0.4, 0.5) is 10.1 Å². The average Bonchev–Trinajstić information content (AvgIpc) is 3.22. The van der Waals surface area contributed by atoms with Gasteiger partial charge in [-0.15, -0.1) is 10.2 Å². The lowest BCUT2D eigenvalue weighted by molar-refractivity contribution is 0.415. The Morgan fingerprint density at radius 2 is 1.79 bits per heavy atom. The zero-order valence-corrected chi connectivity index (χ0v) is 16.2. The average molecular weight is 410 g/mol. The molecule has 4 rings (SSSR count). The summed E-state index contributed by atoms with van der Waals surface area (Å²) >= 11 is 6.18. The summed E-state index contributed by atoms with van der Waals surface area (Å²) in [6, 6.07) is 20.4. The van der Waals surface area contributed by atoms with Gasteiger partial charge in [-0.05, 0) is 60.2 Å². The molecule has 0 saturated heterocycles. The second kappa shape index (κ2) is 8.32. The number of hydrogen-bond acceptors (Lipinski definition) is 5. The molecule has 1 heterocycles. The van der Waals surface area contributed by atoms with Crippen molar-refractivity contribution in [3.05, 3.63) is 95.1 Å². The second-order valence-electron chi connectivity index (χ2n) is 6.32. The number of anilines is 1. The van der Waals surface area contributed by atoms with Crippen LogP contribution in [0.3, 0.4) is 0 Å². The van der Waals surface area contributed by atoms with E-state index in [1.807, 2.05) is 42.5 Å². The highest BCUT2D eigenvalue weighted by Gasteiger charge is 2.22. The summed E-state index contributed by atoms with van der Waals surface area (Å²) < 4.78 is 24.6. The number of halogens is 2. The summed E-state index contributed by atoms with van der Waals surface area (Å²) in [5.74, 6) is 0.955. The highest BCUT2D eigenvalue weighted by molar-refractivity contribution is 6.30. The van der Waals surface area contributed by atoms with Gasteiger partial charge in [-0.2, -0.15) is 0 Å². The zero-order chi connectivity index (χ0) is 20.2. The molecule has 0 aliphatic carbocycles. The van der Waals surface area contributed by atoms with Crippen molar-refractivity contribution in [2.24, 2.45) is 0 Å². The number of ether oxygens (including phenoxy) is 1. The molecular weight excluding hydrogens is 393 g/mol. The number of rotatable bonds is 6. The molecule has 3 aromatic carbocycles. The Balaban J connectivity index is 1.70. The fraction of sp³-hybridized carbons (Fsp3) is 0.0909. The minimum atomic E-state index is -0.447. The highest BCUT2D eigenvalue weighted by atomic mass is 35.5. The molecule has 5 nitrogen and oxygen atoms in total. The molecule has 29 heavy (non-hydrogen) atoms. The summed E-state index contributed by atoms with van der Waals surface area (Å²) in [7, 11) is 1.61. The molecular formula is C22H17ClFN3O2. The number of benzene rings is 3. The molecule has 0 bridgehead atoms. The smallest absolute Gasteiger partial charge is 0.247 e. The fourth-order valence-electron chi connectivity index (χ4n) is 2.92. The van der Waals surface area contributed by atoms with Crippen molar-refractivity contribution in [1.82, 2.24) is 10.2 Å². The van der Waals surface area contributed by atoms with E-state index in [1.165, 1.54) is 12.1 Å². The van der Waals surface area contributed by atoms with E-state index in [0.717, 1.165) is 17.0 Å². The Labute approximate surface area is 172 Å². The van der Waals surface area contributed by atoms with Crippen LogP contribution in [0.15, 0.2) is 77.2 Å². The Kier molecular flexibility index (Phi) is 5.44. The first kappa shape index (κ1) is 19.0. The Morgan fingerprint density at radius 1 is 1.00 bits per heavy atom. The molecule has 1 unspecified atom stereocenters. The predicted octanol–water partition coefficient (Wildman–Crippen LogP) is 5.74. The van der Waals surface area contributed by atoms with E-state index in [4.69, 9.17) is 20.8 Å². The van der Waals surface area contributed by atoms with Gasteiger partial charge >= 0.3 is 0 Å². The van der Waals surface area contributed by atoms with Crippen LogP contribution in [-0.2, 0) is 0 Å². The molecule has 0 spiro atoms.